The predicted octanol–water partition coefficient (Wildman–Crippen LogP) is 3.35. The fourth-order valence-corrected chi connectivity index (χ4v) is 4.47. The minimum absolute atomic E-state index is 0.0703. The van der Waals surface area contributed by atoms with Crippen molar-refractivity contribution >= 4 is 56.2 Å². The molecule has 0 unspecified atom stereocenters. The molecule has 1 aromatic carbocycles. The number of halogens is 2. The summed E-state index contributed by atoms with van der Waals surface area (Å²) < 4.78 is 31.1. The van der Waals surface area contributed by atoms with E-state index in [1.165, 1.54) is 25.3 Å². The first-order valence-corrected chi connectivity index (χ1v) is 8.69. The van der Waals surface area contributed by atoms with E-state index in [0.29, 0.717) is 0 Å². The van der Waals surface area contributed by atoms with Crippen molar-refractivity contribution in [2.24, 2.45) is 0 Å². The molecule has 1 heterocycles. The lowest BCUT2D eigenvalue weighted by Gasteiger charge is -2.08. The van der Waals surface area contributed by atoms with Crippen molar-refractivity contribution in [3.05, 3.63) is 39.2 Å². The van der Waals surface area contributed by atoms with Crippen LogP contribution in [0.2, 0.25) is 9.36 Å². The van der Waals surface area contributed by atoms with E-state index in [9.17, 15) is 18.3 Å². The molecule has 0 aliphatic rings. The molecule has 118 valence electrons. The van der Waals surface area contributed by atoms with Crippen LogP contribution in [-0.2, 0) is 14.8 Å². The third-order valence-electron chi connectivity index (χ3n) is 2.54. The number of benzene rings is 1. The van der Waals surface area contributed by atoms with Gasteiger partial charge in [-0.1, -0.05) is 23.2 Å². The number of hydrogen-bond donors (Lipinski definition) is 2. The topological polar surface area (TPSA) is 92.7 Å². The van der Waals surface area contributed by atoms with E-state index < -0.39 is 21.7 Å². The first-order chi connectivity index (χ1) is 10.2. The van der Waals surface area contributed by atoms with Crippen LogP contribution in [0, 0.1) is 0 Å². The Bertz CT molecular complexity index is 813. The highest BCUT2D eigenvalue weighted by atomic mass is 35.5. The normalized spacial score (nSPS) is 11.2. The van der Waals surface area contributed by atoms with E-state index in [1.54, 1.807) is 0 Å². The summed E-state index contributed by atoms with van der Waals surface area (Å²) in [6.07, 6.45) is 0. The van der Waals surface area contributed by atoms with Crippen molar-refractivity contribution in [1.29, 1.82) is 0 Å². The molecule has 0 saturated heterocycles. The summed E-state index contributed by atoms with van der Waals surface area (Å²) >= 11 is 12.3. The summed E-state index contributed by atoms with van der Waals surface area (Å²) in [7, 11) is -2.73. The van der Waals surface area contributed by atoms with Crippen LogP contribution in [0.5, 0.6) is 5.75 Å². The van der Waals surface area contributed by atoms with Gasteiger partial charge in [-0.2, -0.15) is 0 Å². The van der Waals surface area contributed by atoms with E-state index in [1.807, 2.05) is 0 Å². The highest BCUT2D eigenvalue weighted by Gasteiger charge is 2.20. The number of nitrogens with one attached hydrogen (secondary N) is 1. The van der Waals surface area contributed by atoms with Gasteiger partial charge in [-0.15, -0.1) is 11.3 Å². The molecule has 0 amide bonds. The Labute approximate surface area is 140 Å². The van der Waals surface area contributed by atoms with Gasteiger partial charge in [0.1, 0.15) is 19.9 Å². The second kappa shape index (κ2) is 6.33. The Morgan fingerprint density at radius 1 is 1.32 bits per heavy atom. The van der Waals surface area contributed by atoms with Gasteiger partial charge in [-0.25, -0.2) is 13.2 Å². The number of phenolic OH excluding ortho intramolecular Hbond substituents is 1. The summed E-state index contributed by atoms with van der Waals surface area (Å²) in [6, 6.07) is 4.88. The highest BCUT2D eigenvalue weighted by molar-refractivity contribution is 7.94. The van der Waals surface area contributed by atoms with Crippen molar-refractivity contribution in [2.45, 2.75) is 4.21 Å². The fourth-order valence-electron chi connectivity index (χ4n) is 1.54. The molecule has 2 rings (SSSR count). The third-order valence-corrected chi connectivity index (χ3v) is 6.26. The Balaban J connectivity index is 2.30. The Hall–Kier alpha value is -1.48. The molecule has 1 aromatic heterocycles. The number of rotatable bonds is 4. The maximum Gasteiger partial charge on any atom is 0.341 e. The van der Waals surface area contributed by atoms with E-state index >= 15 is 0 Å². The molecule has 2 aromatic rings. The molecule has 0 aliphatic heterocycles. The number of aromatic hydroxyl groups is 1. The largest absolute Gasteiger partial charge is 0.507 e. The second-order valence-corrected chi connectivity index (χ2v) is 7.99. The number of carbonyl (C=O) groups is 1. The van der Waals surface area contributed by atoms with Crippen LogP contribution < -0.4 is 4.72 Å². The number of sulfonamides is 1. The molecule has 0 aliphatic carbocycles. The zero-order chi connectivity index (χ0) is 16.5. The summed E-state index contributed by atoms with van der Waals surface area (Å²) in [6.45, 7) is 0. The number of ether oxygens (including phenoxy) is 1. The van der Waals surface area contributed by atoms with Crippen LogP contribution in [0.25, 0.3) is 0 Å². The Morgan fingerprint density at radius 3 is 2.50 bits per heavy atom. The Morgan fingerprint density at radius 2 is 2.00 bits per heavy atom. The summed E-state index contributed by atoms with van der Waals surface area (Å²) in [4.78, 5) is 11.3. The Kier molecular flexibility index (Phi) is 4.86. The zero-order valence-electron chi connectivity index (χ0n) is 11.0. The lowest BCUT2D eigenvalue weighted by molar-refractivity contribution is 0.0597. The number of hydrogen-bond acceptors (Lipinski definition) is 6. The van der Waals surface area contributed by atoms with Crippen LogP contribution in [0.1, 0.15) is 10.4 Å². The standard InChI is InChI=1S/C12H9Cl2NO5S2/c1-20-12(17)7-3-2-6(4-9(7)16)15-22(18,19)10-5-8(13)11(14)21-10/h2-5,15-16H,1H3. The molecule has 0 radical (unpaired) electrons. The molecule has 0 saturated carbocycles. The van der Waals surface area contributed by atoms with Crippen LogP contribution >= 0.6 is 34.5 Å². The third kappa shape index (κ3) is 3.46. The van der Waals surface area contributed by atoms with Gasteiger partial charge in [-0.05, 0) is 18.2 Å². The quantitative estimate of drug-likeness (QED) is 0.792. The van der Waals surface area contributed by atoms with Crippen LogP contribution in [0.3, 0.4) is 0 Å². The average Bonchev–Trinajstić information content (AvgIpc) is 2.78. The molecule has 0 atom stereocenters. The van der Waals surface area contributed by atoms with Gasteiger partial charge in [-0.3, -0.25) is 4.72 Å². The summed E-state index contributed by atoms with van der Waals surface area (Å²) in [5.41, 5.74) is -0.00143. The van der Waals surface area contributed by atoms with Gasteiger partial charge in [0.05, 0.1) is 17.8 Å². The number of anilines is 1. The molecule has 0 fully saturated rings. The van der Waals surface area contributed by atoms with E-state index in [2.05, 4.69) is 9.46 Å². The van der Waals surface area contributed by atoms with Gasteiger partial charge >= 0.3 is 5.97 Å². The first-order valence-electron chi connectivity index (χ1n) is 5.63. The maximum atomic E-state index is 12.2. The summed E-state index contributed by atoms with van der Waals surface area (Å²) in [5.74, 6) is -1.14. The van der Waals surface area contributed by atoms with Gasteiger partial charge in [0.25, 0.3) is 10.0 Å². The second-order valence-electron chi connectivity index (χ2n) is 4.02. The van der Waals surface area contributed by atoms with Crippen LogP contribution in [-0.4, -0.2) is 26.6 Å². The van der Waals surface area contributed by atoms with Crippen molar-refractivity contribution < 1.29 is 23.1 Å². The van der Waals surface area contributed by atoms with Crippen molar-refractivity contribution in [3.8, 4) is 5.75 Å². The number of carbonyl (C=O) groups excluding carboxylic acids is 1. The first kappa shape index (κ1) is 16.9. The van der Waals surface area contributed by atoms with Crippen molar-refractivity contribution in [3.63, 3.8) is 0 Å². The van der Waals surface area contributed by atoms with Gasteiger partial charge < -0.3 is 9.84 Å². The molecular weight excluding hydrogens is 373 g/mol. The van der Waals surface area contributed by atoms with Crippen LogP contribution in [0.15, 0.2) is 28.5 Å². The molecular formula is C12H9Cl2NO5S2. The van der Waals surface area contributed by atoms with Crippen molar-refractivity contribution in [1.82, 2.24) is 0 Å². The summed E-state index contributed by atoms with van der Waals surface area (Å²) in [5, 5.41) is 9.87. The smallest absolute Gasteiger partial charge is 0.341 e. The molecule has 0 bridgehead atoms. The predicted molar refractivity (Wildman–Crippen MR) is 84.6 cm³/mol. The molecule has 22 heavy (non-hydrogen) atoms. The van der Waals surface area contributed by atoms with E-state index in [-0.39, 0.29) is 24.8 Å². The number of esters is 1. The average molecular weight is 382 g/mol. The zero-order valence-corrected chi connectivity index (χ0v) is 14.1. The molecule has 2 N–H and O–H groups in total. The van der Waals surface area contributed by atoms with E-state index in [4.69, 9.17) is 23.2 Å². The number of thiophene rings is 1. The lowest BCUT2D eigenvalue weighted by Crippen LogP contribution is -2.11. The van der Waals surface area contributed by atoms with Gasteiger partial charge in [0.15, 0.2) is 0 Å². The minimum Gasteiger partial charge on any atom is -0.507 e. The minimum atomic E-state index is -3.90. The molecule has 10 heteroatoms. The van der Waals surface area contributed by atoms with Crippen molar-refractivity contribution in [2.75, 3.05) is 11.8 Å². The SMILES string of the molecule is COC(=O)c1ccc(NS(=O)(=O)c2cc(Cl)c(Cl)s2)cc1O. The molecule has 6 nitrogen and oxygen atoms in total. The lowest BCUT2D eigenvalue weighted by atomic mass is 10.2. The van der Waals surface area contributed by atoms with Gasteiger partial charge in [0, 0.05) is 6.07 Å². The highest BCUT2D eigenvalue weighted by Crippen LogP contribution is 2.35. The number of methoxy groups -OCH3 is 1. The maximum absolute atomic E-state index is 12.2. The van der Waals surface area contributed by atoms with Crippen LogP contribution in [0.4, 0.5) is 5.69 Å². The monoisotopic (exact) mass is 381 g/mol. The molecule has 0 spiro atoms. The fraction of sp³-hybridized carbons (Fsp3) is 0.0833. The van der Waals surface area contributed by atoms with Gasteiger partial charge in [0.2, 0.25) is 0 Å². The van der Waals surface area contributed by atoms with E-state index in [0.717, 1.165) is 17.4 Å². The number of phenols is 1.